The third-order valence-electron chi connectivity index (χ3n) is 5.53. The molecule has 0 saturated carbocycles. The molecule has 1 aliphatic heterocycles. The summed E-state index contributed by atoms with van der Waals surface area (Å²) in [6.45, 7) is 0. The van der Waals surface area contributed by atoms with Gasteiger partial charge in [-0.25, -0.2) is 0 Å². The van der Waals surface area contributed by atoms with Gasteiger partial charge >= 0.3 is 0 Å². The fourth-order valence-corrected chi connectivity index (χ4v) is 5.04. The summed E-state index contributed by atoms with van der Waals surface area (Å²) >= 11 is 1.83. The Balaban J connectivity index is 1.66. The number of para-hydroxylation sites is 1. The predicted octanol–water partition coefficient (Wildman–Crippen LogP) is 6.39. The molecule has 30 heavy (non-hydrogen) atoms. The van der Waals surface area contributed by atoms with Gasteiger partial charge < -0.3 is 4.90 Å². The number of fused-ring (bicyclic) bond motifs is 1. The van der Waals surface area contributed by atoms with Crippen molar-refractivity contribution >= 4 is 23.5 Å². The van der Waals surface area contributed by atoms with E-state index in [1.807, 2.05) is 11.8 Å². The molecule has 0 fully saturated rings. The molecule has 0 aliphatic carbocycles. The molecular weight excluding hydrogens is 384 g/mol. The van der Waals surface area contributed by atoms with Crippen molar-refractivity contribution in [2.75, 3.05) is 11.9 Å². The van der Waals surface area contributed by atoms with Gasteiger partial charge in [-0.1, -0.05) is 60.3 Å². The fourth-order valence-electron chi connectivity index (χ4n) is 3.93. The molecular formula is C27H23N2S+. The minimum atomic E-state index is 1.20. The highest BCUT2D eigenvalue weighted by atomic mass is 32.2. The zero-order valence-electron chi connectivity index (χ0n) is 17.1. The number of nitrogens with zero attached hydrogens (tertiary/aromatic N) is 2. The Morgan fingerprint density at radius 1 is 0.733 bits per heavy atom. The standard InChI is InChI=1S/C27H23N2S/c1-28-24(21-11-5-3-6-12-21)17-20(18-25(28)22-13-7-4-8-14-22)19-27-29(2)23-15-9-10-16-26(23)30-27/h3-19H,1-2H3/q+1. The van der Waals surface area contributed by atoms with Crippen LogP contribution in [0.5, 0.6) is 0 Å². The van der Waals surface area contributed by atoms with Crippen LogP contribution in [0.2, 0.25) is 0 Å². The van der Waals surface area contributed by atoms with Crippen LogP contribution in [-0.4, -0.2) is 7.05 Å². The highest BCUT2D eigenvalue weighted by Gasteiger charge is 2.23. The summed E-state index contributed by atoms with van der Waals surface area (Å²) < 4.78 is 2.28. The quantitative estimate of drug-likeness (QED) is 0.364. The van der Waals surface area contributed by atoms with Crippen molar-refractivity contribution in [1.82, 2.24) is 0 Å². The summed E-state index contributed by atoms with van der Waals surface area (Å²) in [5.74, 6) is 0. The van der Waals surface area contributed by atoms with E-state index in [0.717, 1.165) is 0 Å². The molecule has 2 heterocycles. The van der Waals surface area contributed by atoms with E-state index in [2.05, 4.69) is 127 Å². The van der Waals surface area contributed by atoms with Gasteiger partial charge in [0.05, 0.1) is 10.7 Å². The van der Waals surface area contributed by atoms with Gasteiger partial charge in [-0.3, -0.25) is 0 Å². The number of hydrogen-bond donors (Lipinski definition) is 0. The van der Waals surface area contributed by atoms with E-state index in [-0.39, 0.29) is 0 Å². The van der Waals surface area contributed by atoms with E-state index < -0.39 is 0 Å². The van der Waals surface area contributed by atoms with E-state index in [1.54, 1.807) is 0 Å². The highest BCUT2D eigenvalue weighted by molar-refractivity contribution is 8.03. The molecule has 0 amide bonds. The van der Waals surface area contributed by atoms with Gasteiger partial charge in [0.1, 0.15) is 7.05 Å². The number of pyridine rings is 1. The maximum absolute atomic E-state index is 2.30. The molecule has 0 unspecified atom stereocenters. The van der Waals surface area contributed by atoms with Crippen LogP contribution >= 0.6 is 11.8 Å². The fraction of sp³-hybridized carbons (Fsp3) is 0.0741. The van der Waals surface area contributed by atoms with Crippen LogP contribution in [0.1, 0.15) is 5.56 Å². The second kappa shape index (κ2) is 7.85. The number of benzene rings is 3. The van der Waals surface area contributed by atoms with Crippen molar-refractivity contribution < 1.29 is 4.57 Å². The second-order valence-electron chi connectivity index (χ2n) is 7.46. The molecule has 3 aromatic carbocycles. The van der Waals surface area contributed by atoms with Crippen molar-refractivity contribution in [1.29, 1.82) is 0 Å². The summed E-state index contributed by atoms with van der Waals surface area (Å²) in [6.07, 6.45) is 2.30. The first-order valence-electron chi connectivity index (χ1n) is 10.1. The molecule has 0 bridgehead atoms. The molecule has 0 spiro atoms. The Labute approximate surface area is 182 Å². The summed E-state index contributed by atoms with van der Waals surface area (Å²) in [5, 5.41) is 1.24. The van der Waals surface area contributed by atoms with Crippen LogP contribution in [0.4, 0.5) is 5.69 Å². The first-order chi connectivity index (χ1) is 14.7. The molecule has 0 saturated heterocycles. The lowest BCUT2D eigenvalue weighted by Gasteiger charge is -2.14. The first kappa shape index (κ1) is 18.7. The summed E-state index contributed by atoms with van der Waals surface area (Å²) in [5.41, 5.74) is 7.30. The minimum Gasteiger partial charge on any atom is -0.338 e. The van der Waals surface area contributed by atoms with Crippen LogP contribution in [-0.2, 0) is 7.05 Å². The molecule has 0 atom stereocenters. The second-order valence-corrected chi connectivity index (χ2v) is 8.52. The summed E-state index contributed by atoms with van der Waals surface area (Å²) in [6, 6.07) is 34.4. The maximum Gasteiger partial charge on any atom is 0.213 e. The van der Waals surface area contributed by atoms with Crippen LogP contribution in [0, 0.1) is 0 Å². The van der Waals surface area contributed by atoms with E-state index >= 15 is 0 Å². The smallest absolute Gasteiger partial charge is 0.213 e. The van der Waals surface area contributed by atoms with Crippen molar-refractivity contribution in [3.05, 3.63) is 108 Å². The largest absolute Gasteiger partial charge is 0.338 e. The minimum absolute atomic E-state index is 1.20. The summed E-state index contributed by atoms with van der Waals surface area (Å²) in [7, 11) is 4.29. The molecule has 1 aromatic heterocycles. The number of anilines is 1. The number of rotatable bonds is 3. The van der Waals surface area contributed by atoms with Crippen molar-refractivity contribution in [3.63, 3.8) is 0 Å². The predicted molar refractivity (Wildman–Crippen MR) is 127 cm³/mol. The van der Waals surface area contributed by atoms with Crippen LogP contribution in [0.15, 0.2) is 107 Å². The lowest BCUT2D eigenvalue weighted by atomic mass is 10.0. The Hall–Kier alpha value is -3.30. The van der Waals surface area contributed by atoms with E-state index in [0.29, 0.717) is 0 Å². The Kier molecular flexibility index (Phi) is 4.89. The molecule has 0 radical (unpaired) electrons. The zero-order chi connectivity index (χ0) is 20.5. The zero-order valence-corrected chi connectivity index (χ0v) is 17.9. The molecule has 2 nitrogen and oxygen atoms in total. The monoisotopic (exact) mass is 407 g/mol. The average Bonchev–Trinajstić information content (AvgIpc) is 3.11. The third-order valence-corrected chi connectivity index (χ3v) is 6.70. The van der Waals surface area contributed by atoms with Gasteiger partial charge in [-0.2, -0.15) is 4.57 Å². The lowest BCUT2D eigenvalue weighted by Crippen LogP contribution is -2.34. The molecule has 1 aliphatic rings. The molecule has 0 N–H and O–H groups in total. The number of aromatic nitrogens is 1. The van der Waals surface area contributed by atoms with Gasteiger partial charge in [-0.05, 0) is 48.0 Å². The SMILES string of the molecule is CN1/C(=C/c2cc(-c3ccccc3)[n+](C)c(-c3ccccc3)c2)Sc2ccccc21. The molecule has 3 heteroatoms. The van der Waals surface area contributed by atoms with Crippen molar-refractivity contribution in [2.45, 2.75) is 4.90 Å². The van der Waals surface area contributed by atoms with Crippen LogP contribution < -0.4 is 9.47 Å². The van der Waals surface area contributed by atoms with Gasteiger partial charge in [0.15, 0.2) is 0 Å². The van der Waals surface area contributed by atoms with Crippen LogP contribution in [0.25, 0.3) is 28.6 Å². The highest BCUT2D eigenvalue weighted by Crippen LogP contribution is 2.45. The molecule has 4 aromatic rings. The first-order valence-corrected chi connectivity index (χ1v) is 10.9. The summed E-state index contributed by atoms with van der Waals surface area (Å²) in [4.78, 5) is 3.58. The van der Waals surface area contributed by atoms with Crippen molar-refractivity contribution in [2.24, 2.45) is 7.05 Å². The van der Waals surface area contributed by atoms with E-state index in [4.69, 9.17) is 0 Å². The third kappa shape index (κ3) is 3.42. The van der Waals surface area contributed by atoms with Crippen LogP contribution in [0.3, 0.4) is 0 Å². The van der Waals surface area contributed by atoms with Gasteiger partial charge in [0.2, 0.25) is 11.4 Å². The van der Waals surface area contributed by atoms with E-state index in [1.165, 1.54) is 43.7 Å². The molecule has 146 valence electrons. The Morgan fingerprint density at radius 2 is 1.27 bits per heavy atom. The maximum atomic E-state index is 2.30. The van der Waals surface area contributed by atoms with Gasteiger partial charge in [0, 0.05) is 35.2 Å². The lowest BCUT2D eigenvalue weighted by molar-refractivity contribution is -0.649. The Bertz CT molecular complexity index is 1170. The topological polar surface area (TPSA) is 7.12 Å². The number of thioether (sulfide) groups is 1. The molecule has 5 rings (SSSR count). The van der Waals surface area contributed by atoms with Crippen molar-refractivity contribution in [3.8, 4) is 22.5 Å². The average molecular weight is 408 g/mol. The Morgan fingerprint density at radius 3 is 1.83 bits per heavy atom. The van der Waals surface area contributed by atoms with Gasteiger partial charge in [-0.15, -0.1) is 0 Å². The number of hydrogen-bond acceptors (Lipinski definition) is 2. The van der Waals surface area contributed by atoms with E-state index in [9.17, 15) is 0 Å². The van der Waals surface area contributed by atoms with Gasteiger partial charge in [0.25, 0.3) is 0 Å². The normalized spacial score (nSPS) is 14.2.